The molecule has 1 heterocycles. The predicted octanol–water partition coefficient (Wildman–Crippen LogP) is 3.22. The first-order valence-electron chi connectivity index (χ1n) is 6.76. The monoisotopic (exact) mass is 337 g/mol. The first-order chi connectivity index (χ1) is 9.63. The number of halogens is 1. The van der Waals surface area contributed by atoms with E-state index >= 15 is 0 Å². The summed E-state index contributed by atoms with van der Waals surface area (Å²) in [5, 5.41) is 3.35. The van der Waals surface area contributed by atoms with Gasteiger partial charge >= 0.3 is 0 Å². The molecule has 0 fully saturated rings. The van der Waals surface area contributed by atoms with Gasteiger partial charge in [0, 0.05) is 23.3 Å². The molecule has 0 saturated carbocycles. The van der Waals surface area contributed by atoms with Crippen molar-refractivity contribution in [1.82, 2.24) is 14.9 Å². The summed E-state index contributed by atoms with van der Waals surface area (Å²) < 4.78 is 8.78. The topological polar surface area (TPSA) is 39.1 Å². The predicted molar refractivity (Wildman–Crippen MR) is 83.8 cm³/mol. The smallest absolute Gasteiger partial charge is 0.120 e. The van der Waals surface area contributed by atoms with E-state index in [9.17, 15) is 0 Å². The minimum absolute atomic E-state index is 0.472. The van der Waals surface area contributed by atoms with Crippen LogP contribution in [0.25, 0.3) is 0 Å². The zero-order valence-corrected chi connectivity index (χ0v) is 13.4. The van der Waals surface area contributed by atoms with Crippen LogP contribution in [-0.4, -0.2) is 22.2 Å². The molecule has 1 aromatic heterocycles. The largest absolute Gasteiger partial charge is 0.492 e. The highest BCUT2D eigenvalue weighted by Gasteiger charge is 2.00. The third-order valence-electron chi connectivity index (χ3n) is 2.79. The number of nitrogens with zero attached hydrogens (tertiary/aromatic N) is 2. The Morgan fingerprint density at radius 1 is 1.40 bits per heavy atom. The molecule has 1 aromatic carbocycles. The summed E-state index contributed by atoms with van der Waals surface area (Å²) >= 11 is 3.43. The fourth-order valence-corrected chi connectivity index (χ4v) is 2.13. The first kappa shape index (κ1) is 15.1. The Hall–Kier alpha value is -1.33. The molecule has 0 aliphatic heterocycles. The van der Waals surface area contributed by atoms with Gasteiger partial charge in [-0.1, -0.05) is 35.8 Å². The lowest BCUT2D eigenvalue weighted by Gasteiger charge is -2.07. The van der Waals surface area contributed by atoms with Gasteiger partial charge in [-0.3, -0.25) is 0 Å². The van der Waals surface area contributed by atoms with Gasteiger partial charge in [0.25, 0.3) is 0 Å². The normalized spacial score (nSPS) is 11.0. The number of aromatic nitrogens is 2. The third kappa shape index (κ3) is 4.98. The molecule has 0 unspecified atom stereocenters. The van der Waals surface area contributed by atoms with E-state index in [-0.39, 0.29) is 0 Å². The fourth-order valence-electron chi connectivity index (χ4n) is 1.75. The van der Waals surface area contributed by atoms with Gasteiger partial charge in [-0.25, -0.2) is 4.98 Å². The number of nitrogens with one attached hydrogen (secondary N) is 1. The number of hydrogen-bond donors (Lipinski definition) is 1. The Bertz CT molecular complexity index is 539. The summed E-state index contributed by atoms with van der Waals surface area (Å²) in [4.78, 5) is 4.37. The van der Waals surface area contributed by atoms with E-state index in [0.29, 0.717) is 12.6 Å². The van der Waals surface area contributed by atoms with Crippen LogP contribution in [0.5, 0.6) is 5.75 Å². The van der Waals surface area contributed by atoms with E-state index in [1.807, 2.05) is 30.6 Å². The summed E-state index contributed by atoms with van der Waals surface area (Å²) in [7, 11) is 0. The van der Waals surface area contributed by atoms with E-state index in [4.69, 9.17) is 4.74 Å². The Kier molecular flexibility index (Phi) is 5.61. The molecular formula is C15H20BrN3O. The molecule has 108 valence electrons. The first-order valence-corrected chi connectivity index (χ1v) is 7.55. The molecule has 20 heavy (non-hydrogen) atoms. The van der Waals surface area contributed by atoms with Crippen molar-refractivity contribution >= 4 is 15.9 Å². The standard InChI is InChI=1S/C15H20BrN3O/c1-12(2)17-9-14-10-19(11-18-14)6-7-20-15-5-3-4-13(16)8-15/h3-5,8,10-12,17H,6-7,9H2,1-2H3. The van der Waals surface area contributed by atoms with Crippen molar-refractivity contribution in [3.63, 3.8) is 0 Å². The molecule has 0 atom stereocenters. The molecule has 0 bridgehead atoms. The van der Waals surface area contributed by atoms with Crippen molar-refractivity contribution < 1.29 is 4.74 Å². The van der Waals surface area contributed by atoms with Gasteiger partial charge in [-0.2, -0.15) is 0 Å². The summed E-state index contributed by atoms with van der Waals surface area (Å²) in [5.74, 6) is 0.876. The lowest BCUT2D eigenvalue weighted by atomic mass is 10.3. The zero-order chi connectivity index (χ0) is 14.4. The SMILES string of the molecule is CC(C)NCc1cn(CCOc2cccc(Br)c2)cn1. The van der Waals surface area contributed by atoms with Crippen LogP contribution in [0.4, 0.5) is 0 Å². The van der Waals surface area contributed by atoms with Gasteiger partial charge in [-0.15, -0.1) is 0 Å². The van der Waals surface area contributed by atoms with Crippen LogP contribution in [-0.2, 0) is 13.1 Å². The average Bonchev–Trinajstić information content (AvgIpc) is 2.84. The molecule has 0 aliphatic carbocycles. The number of benzene rings is 1. The maximum atomic E-state index is 5.70. The minimum atomic E-state index is 0.472. The number of ether oxygens (including phenoxy) is 1. The van der Waals surface area contributed by atoms with Gasteiger partial charge in [0.1, 0.15) is 12.4 Å². The van der Waals surface area contributed by atoms with Gasteiger partial charge in [-0.05, 0) is 18.2 Å². The number of rotatable bonds is 7. The highest BCUT2D eigenvalue weighted by Crippen LogP contribution is 2.17. The van der Waals surface area contributed by atoms with Crippen LogP contribution in [0.15, 0.2) is 41.3 Å². The highest BCUT2D eigenvalue weighted by molar-refractivity contribution is 9.10. The van der Waals surface area contributed by atoms with Gasteiger partial charge in [0.05, 0.1) is 18.6 Å². The molecule has 0 spiro atoms. The van der Waals surface area contributed by atoms with Crippen molar-refractivity contribution in [1.29, 1.82) is 0 Å². The van der Waals surface area contributed by atoms with Crippen molar-refractivity contribution in [3.8, 4) is 5.75 Å². The molecule has 2 aromatic rings. The van der Waals surface area contributed by atoms with Crippen LogP contribution in [0.3, 0.4) is 0 Å². The zero-order valence-electron chi connectivity index (χ0n) is 11.8. The molecular weight excluding hydrogens is 318 g/mol. The highest BCUT2D eigenvalue weighted by atomic mass is 79.9. The number of imidazole rings is 1. The van der Waals surface area contributed by atoms with E-state index in [0.717, 1.165) is 29.0 Å². The molecule has 0 saturated heterocycles. The Morgan fingerprint density at radius 3 is 3.00 bits per heavy atom. The maximum Gasteiger partial charge on any atom is 0.120 e. The molecule has 2 rings (SSSR count). The van der Waals surface area contributed by atoms with E-state index in [1.54, 1.807) is 0 Å². The van der Waals surface area contributed by atoms with Crippen LogP contribution in [0, 0.1) is 0 Å². The Balaban J connectivity index is 1.77. The van der Waals surface area contributed by atoms with Crippen LogP contribution in [0.1, 0.15) is 19.5 Å². The van der Waals surface area contributed by atoms with Crippen molar-refractivity contribution in [3.05, 3.63) is 47.0 Å². The minimum Gasteiger partial charge on any atom is -0.492 e. The summed E-state index contributed by atoms with van der Waals surface area (Å²) in [6.07, 6.45) is 3.90. The molecule has 0 amide bonds. The molecule has 1 N–H and O–H groups in total. The second-order valence-electron chi connectivity index (χ2n) is 4.94. The maximum absolute atomic E-state index is 5.70. The third-order valence-corrected chi connectivity index (χ3v) is 3.29. The average molecular weight is 338 g/mol. The molecule has 4 nitrogen and oxygen atoms in total. The van der Waals surface area contributed by atoms with Crippen LogP contribution in [0.2, 0.25) is 0 Å². The van der Waals surface area contributed by atoms with Gasteiger partial charge in [0.15, 0.2) is 0 Å². The second-order valence-corrected chi connectivity index (χ2v) is 5.86. The van der Waals surface area contributed by atoms with Crippen molar-refractivity contribution in [2.45, 2.75) is 33.0 Å². The quantitative estimate of drug-likeness (QED) is 0.843. The molecule has 0 radical (unpaired) electrons. The summed E-state index contributed by atoms with van der Waals surface area (Å²) in [6, 6.07) is 8.34. The Morgan fingerprint density at radius 2 is 2.25 bits per heavy atom. The molecule has 0 aliphatic rings. The van der Waals surface area contributed by atoms with Crippen LogP contribution < -0.4 is 10.1 Å². The lowest BCUT2D eigenvalue weighted by Crippen LogP contribution is -2.21. The number of hydrogen-bond acceptors (Lipinski definition) is 3. The van der Waals surface area contributed by atoms with Gasteiger partial charge < -0.3 is 14.6 Å². The fraction of sp³-hybridized carbons (Fsp3) is 0.400. The summed E-state index contributed by atoms with van der Waals surface area (Å²) in [5.41, 5.74) is 1.06. The van der Waals surface area contributed by atoms with Crippen molar-refractivity contribution in [2.75, 3.05) is 6.61 Å². The lowest BCUT2D eigenvalue weighted by molar-refractivity contribution is 0.298. The van der Waals surface area contributed by atoms with E-state index in [1.165, 1.54) is 0 Å². The van der Waals surface area contributed by atoms with Crippen LogP contribution >= 0.6 is 15.9 Å². The van der Waals surface area contributed by atoms with Gasteiger partial charge in [0.2, 0.25) is 0 Å². The van der Waals surface area contributed by atoms with E-state index < -0.39 is 0 Å². The van der Waals surface area contributed by atoms with E-state index in [2.05, 4.69) is 50.8 Å². The summed E-state index contributed by atoms with van der Waals surface area (Å²) in [6.45, 7) is 6.48. The second kappa shape index (κ2) is 7.45. The molecule has 5 heteroatoms. The van der Waals surface area contributed by atoms with Crippen molar-refractivity contribution in [2.24, 2.45) is 0 Å². The Labute approximate surface area is 128 Å².